The van der Waals surface area contributed by atoms with Crippen LogP contribution in [0.4, 0.5) is 5.82 Å². The number of benzene rings is 2. The van der Waals surface area contributed by atoms with E-state index in [0.717, 1.165) is 61.7 Å². The van der Waals surface area contributed by atoms with Crippen molar-refractivity contribution >= 4 is 5.82 Å². The van der Waals surface area contributed by atoms with Crippen molar-refractivity contribution in [2.45, 2.75) is 45.7 Å². The second kappa shape index (κ2) is 10.9. The third kappa shape index (κ3) is 4.95. The molecular weight excluding hydrogens is 448 g/mol. The van der Waals surface area contributed by atoms with E-state index in [-0.39, 0.29) is 0 Å². The Labute approximate surface area is 212 Å². The van der Waals surface area contributed by atoms with Gasteiger partial charge in [-0.25, -0.2) is 4.98 Å². The van der Waals surface area contributed by atoms with Crippen LogP contribution in [0.15, 0.2) is 61.2 Å². The van der Waals surface area contributed by atoms with Crippen LogP contribution in [-0.2, 0) is 19.5 Å². The number of hydrogen-bond acceptors (Lipinski definition) is 6. The first-order chi connectivity index (χ1) is 17.7. The molecule has 2 aromatic carbocycles. The zero-order valence-electron chi connectivity index (χ0n) is 21.2. The molecule has 1 aliphatic rings. The summed E-state index contributed by atoms with van der Waals surface area (Å²) in [5, 5.41) is 14.6. The maximum atomic E-state index is 5.15. The number of aromatic amines is 1. The molecule has 0 saturated carbocycles. The molecule has 0 amide bonds. The molecular formula is C28H34N8. The van der Waals surface area contributed by atoms with E-state index in [2.05, 4.69) is 85.9 Å². The van der Waals surface area contributed by atoms with Gasteiger partial charge in [0.2, 0.25) is 5.82 Å². The number of H-pyrrole nitrogens is 1. The van der Waals surface area contributed by atoms with E-state index in [4.69, 9.17) is 4.98 Å². The minimum absolute atomic E-state index is 0.602. The van der Waals surface area contributed by atoms with Gasteiger partial charge in [-0.15, -0.1) is 16.8 Å². The van der Waals surface area contributed by atoms with Gasteiger partial charge < -0.3 is 9.47 Å². The van der Waals surface area contributed by atoms with Gasteiger partial charge in [0, 0.05) is 31.6 Å². The average molecular weight is 483 g/mol. The SMILES string of the molecule is C=CCN1CN(C)Cc2c1nc(CCCCC)n2Cc1ccc(-c2ccccc2-c2nn[nH]n2)cc1. The Bertz CT molecular complexity index is 1290. The predicted molar refractivity (Wildman–Crippen MR) is 143 cm³/mol. The number of rotatable bonds is 10. The summed E-state index contributed by atoms with van der Waals surface area (Å²) in [7, 11) is 2.17. The molecule has 2 aromatic heterocycles. The van der Waals surface area contributed by atoms with Gasteiger partial charge in [0.15, 0.2) is 5.82 Å². The van der Waals surface area contributed by atoms with Crippen LogP contribution >= 0.6 is 0 Å². The lowest BCUT2D eigenvalue weighted by Gasteiger charge is -2.33. The van der Waals surface area contributed by atoms with E-state index in [1.54, 1.807) is 0 Å². The number of aryl methyl sites for hydroxylation is 1. The Balaban J connectivity index is 1.45. The lowest BCUT2D eigenvalue weighted by atomic mass is 9.98. The Morgan fingerprint density at radius 2 is 1.86 bits per heavy atom. The number of anilines is 1. The zero-order valence-corrected chi connectivity index (χ0v) is 21.2. The maximum absolute atomic E-state index is 5.15. The summed E-state index contributed by atoms with van der Waals surface area (Å²) in [4.78, 5) is 9.82. The number of unbranched alkanes of at least 4 members (excludes halogenated alkanes) is 2. The van der Waals surface area contributed by atoms with Crippen LogP contribution in [0.2, 0.25) is 0 Å². The molecule has 1 aliphatic heterocycles. The Hall–Kier alpha value is -3.78. The number of hydrogen-bond donors (Lipinski definition) is 1. The van der Waals surface area contributed by atoms with Crippen LogP contribution in [0.5, 0.6) is 0 Å². The van der Waals surface area contributed by atoms with Crippen LogP contribution < -0.4 is 4.90 Å². The summed E-state index contributed by atoms with van der Waals surface area (Å²) in [6.07, 6.45) is 6.56. The van der Waals surface area contributed by atoms with Gasteiger partial charge in [-0.05, 0) is 35.4 Å². The molecule has 0 fully saturated rings. The van der Waals surface area contributed by atoms with Gasteiger partial charge in [0.1, 0.15) is 5.82 Å². The molecule has 8 nitrogen and oxygen atoms in total. The van der Waals surface area contributed by atoms with Crippen molar-refractivity contribution in [3.8, 4) is 22.5 Å². The van der Waals surface area contributed by atoms with Crippen molar-refractivity contribution in [2.24, 2.45) is 0 Å². The lowest BCUT2D eigenvalue weighted by Crippen LogP contribution is -2.41. The number of fused-ring (bicyclic) bond motifs is 1. The van der Waals surface area contributed by atoms with Crippen LogP contribution in [0.25, 0.3) is 22.5 Å². The van der Waals surface area contributed by atoms with Crippen LogP contribution in [0.3, 0.4) is 0 Å². The van der Waals surface area contributed by atoms with Crippen LogP contribution in [0, 0.1) is 0 Å². The number of tetrazole rings is 1. The summed E-state index contributed by atoms with van der Waals surface area (Å²) in [5.74, 6) is 2.90. The number of nitrogens with zero attached hydrogens (tertiary/aromatic N) is 7. The molecule has 0 spiro atoms. The quantitative estimate of drug-likeness (QED) is 0.256. The summed E-state index contributed by atoms with van der Waals surface area (Å²) in [6, 6.07) is 17.0. The smallest absolute Gasteiger partial charge is 0.205 e. The largest absolute Gasteiger partial charge is 0.338 e. The highest BCUT2D eigenvalue weighted by molar-refractivity contribution is 5.80. The predicted octanol–water partition coefficient (Wildman–Crippen LogP) is 4.91. The molecule has 8 heteroatoms. The van der Waals surface area contributed by atoms with Gasteiger partial charge in [-0.3, -0.25) is 4.90 Å². The molecule has 0 aliphatic carbocycles. The highest BCUT2D eigenvalue weighted by atomic mass is 15.5. The monoisotopic (exact) mass is 482 g/mol. The van der Waals surface area contributed by atoms with Gasteiger partial charge >= 0.3 is 0 Å². The lowest BCUT2D eigenvalue weighted by molar-refractivity contribution is 0.302. The van der Waals surface area contributed by atoms with Crippen molar-refractivity contribution < 1.29 is 0 Å². The zero-order chi connectivity index (χ0) is 24.9. The summed E-state index contributed by atoms with van der Waals surface area (Å²) in [6.45, 7) is 9.60. The van der Waals surface area contributed by atoms with Gasteiger partial charge in [-0.1, -0.05) is 74.4 Å². The minimum Gasteiger partial charge on any atom is -0.338 e. The van der Waals surface area contributed by atoms with E-state index in [1.807, 2.05) is 24.3 Å². The molecule has 0 unspecified atom stereocenters. The second-order valence-electron chi connectivity index (χ2n) is 9.49. The van der Waals surface area contributed by atoms with E-state index in [1.165, 1.54) is 29.9 Å². The molecule has 0 bridgehead atoms. The fourth-order valence-electron chi connectivity index (χ4n) is 4.99. The van der Waals surface area contributed by atoms with Crippen molar-refractivity contribution in [2.75, 3.05) is 25.2 Å². The van der Waals surface area contributed by atoms with Crippen molar-refractivity contribution in [3.63, 3.8) is 0 Å². The maximum Gasteiger partial charge on any atom is 0.205 e. The third-order valence-electron chi connectivity index (χ3n) is 6.73. The topological polar surface area (TPSA) is 78.8 Å². The van der Waals surface area contributed by atoms with Crippen molar-refractivity contribution in [1.82, 2.24) is 35.1 Å². The molecule has 4 aromatic rings. The van der Waals surface area contributed by atoms with Crippen LogP contribution in [0.1, 0.15) is 43.3 Å². The fourth-order valence-corrected chi connectivity index (χ4v) is 4.99. The molecule has 5 rings (SSSR count). The fraction of sp³-hybridized carbons (Fsp3) is 0.357. The first kappa shape index (κ1) is 23.9. The molecule has 0 atom stereocenters. The standard InChI is InChI=1S/C28H34N8/c1-4-6-7-12-26-29-28-25(19-34(3)20-35(28)17-5-2)36(26)18-21-13-15-22(16-14-21)23-10-8-9-11-24(23)27-30-32-33-31-27/h5,8-11,13-16H,2,4,6-7,12,17-20H2,1,3H3,(H,30,31,32,33). The average Bonchev–Trinajstić information content (AvgIpc) is 3.54. The van der Waals surface area contributed by atoms with Gasteiger partial charge in [-0.2, -0.15) is 5.21 Å². The van der Waals surface area contributed by atoms with Gasteiger partial charge in [0.25, 0.3) is 0 Å². The second-order valence-corrected chi connectivity index (χ2v) is 9.49. The molecule has 36 heavy (non-hydrogen) atoms. The third-order valence-corrected chi connectivity index (χ3v) is 6.73. The Kier molecular flexibility index (Phi) is 7.23. The molecule has 3 heterocycles. The molecule has 186 valence electrons. The molecule has 0 radical (unpaired) electrons. The summed E-state index contributed by atoms with van der Waals surface area (Å²) < 4.78 is 2.44. The first-order valence-corrected chi connectivity index (χ1v) is 12.7. The minimum atomic E-state index is 0.602. The Morgan fingerprint density at radius 3 is 2.58 bits per heavy atom. The molecule has 1 N–H and O–H groups in total. The number of imidazole rings is 1. The van der Waals surface area contributed by atoms with Crippen molar-refractivity contribution in [3.05, 3.63) is 78.3 Å². The number of nitrogens with one attached hydrogen (secondary N) is 1. The molecule has 0 saturated heterocycles. The highest BCUT2D eigenvalue weighted by Gasteiger charge is 2.27. The summed E-state index contributed by atoms with van der Waals surface area (Å²) in [5.41, 5.74) is 5.74. The first-order valence-electron chi connectivity index (χ1n) is 12.7. The summed E-state index contributed by atoms with van der Waals surface area (Å²) >= 11 is 0. The normalized spacial score (nSPS) is 13.7. The highest BCUT2D eigenvalue weighted by Crippen LogP contribution is 2.31. The van der Waals surface area contributed by atoms with E-state index in [9.17, 15) is 0 Å². The van der Waals surface area contributed by atoms with Gasteiger partial charge in [0.05, 0.1) is 12.4 Å². The van der Waals surface area contributed by atoms with E-state index < -0.39 is 0 Å². The van der Waals surface area contributed by atoms with E-state index in [0.29, 0.717) is 5.82 Å². The van der Waals surface area contributed by atoms with E-state index >= 15 is 0 Å². The number of aromatic nitrogens is 6. The van der Waals surface area contributed by atoms with Crippen LogP contribution in [-0.4, -0.2) is 55.3 Å². The Morgan fingerprint density at radius 1 is 1.06 bits per heavy atom. The van der Waals surface area contributed by atoms with Crippen molar-refractivity contribution in [1.29, 1.82) is 0 Å².